The number of aromatic nitrogens is 3. The van der Waals surface area contributed by atoms with Crippen LogP contribution in [0.2, 0.25) is 0 Å². The largest absolute Gasteiger partial charge is 0.351 e. The number of rotatable bonds is 5. The average molecular weight is 333 g/mol. The van der Waals surface area contributed by atoms with Crippen LogP contribution in [0.15, 0.2) is 29.4 Å². The van der Waals surface area contributed by atoms with E-state index < -0.39 is 17.2 Å². The van der Waals surface area contributed by atoms with E-state index in [1.165, 1.54) is 11.8 Å². The predicted molar refractivity (Wildman–Crippen MR) is 88.9 cm³/mol. The number of nitrogens with zero attached hydrogens (tertiary/aromatic N) is 3. The first-order chi connectivity index (χ1) is 10.9. The van der Waals surface area contributed by atoms with Crippen LogP contribution in [0.3, 0.4) is 0 Å². The maximum atomic E-state index is 11.8. The number of benzene rings is 1. The van der Waals surface area contributed by atoms with E-state index in [4.69, 9.17) is 5.73 Å². The summed E-state index contributed by atoms with van der Waals surface area (Å²) in [4.78, 5) is 22.6. The summed E-state index contributed by atoms with van der Waals surface area (Å²) < 4.78 is 1.95. The van der Waals surface area contributed by atoms with E-state index in [2.05, 4.69) is 15.5 Å². The molecular weight excluding hydrogens is 314 g/mol. The Morgan fingerprint density at radius 1 is 1.35 bits per heavy atom. The molecule has 2 aromatic rings. The Labute approximate surface area is 138 Å². The van der Waals surface area contributed by atoms with Gasteiger partial charge in [-0.25, -0.2) is 4.79 Å². The zero-order chi connectivity index (χ0) is 17.0. The normalized spacial score (nSPS) is 12.0. The molecule has 0 spiro atoms. The van der Waals surface area contributed by atoms with E-state index in [1.807, 2.05) is 42.7 Å². The van der Waals surface area contributed by atoms with Gasteiger partial charge in [-0.1, -0.05) is 36.0 Å². The Bertz CT molecular complexity index is 728. The highest BCUT2D eigenvalue weighted by Crippen LogP contribution is 2.28. The zero-order valence-electron chi connectivity index (χ0n) is 13.2. The quantitative estimate of drug-likeness (QED) is 0.814. The van der Waals surface area contributed by atoms with E-state index in [0.717, 1.165) is 17.0 Å². The van der Waals surface area contributed by atoms with Crippen molar-refractivity contribution >= 4 is 23.7 Å². The van der Waals surface area contributed by atoms with Crippen LogP contribution >= 0.6 is 11.8 Å². The molecule has 0 saturated heterocycles. The van der Waals surface area contributed by atoms with Gasteiger partial charge in [0.2, 0.25) is 5.91 Å². The maximum Gasteiger partial charge on any atom is 0.318 e. The van der Waals surface area contributed by atoms with Gasteiger partial charge in [0.05, 0.1) is 5.25 Å². The summed E-state index contributed by atoms with van der Waals surface area (Å²) in [5, 5.41) is 10.6. The Morgan fingerprint density at radius 3 is 2.65 bits per heavy atom. The molecule has 122 valence electrons. The summed E-state index contributed by atoms with van der Waals surface area (Å²) in [6.07, 6.45) is 0. The lowest BCUT2D eigenvalue weighted by Gasteiger charge is -2.12. The fourth-order valence-corrected chi connectivity index (χ4v) is 3.03. The Balaban J connectivity index is 2.27. The molecule has 0 fully saturated rings. The molecule has 0 bridgehead atoms. The fraction of sp³-hybridized carbons (Fsp3) is 0.333. The molecule has 8 heteroatoms. The number of carbonyl (C=O) groups is 2. The summed E-state index contributed by atoms with van der Waals surface area (Å²) in [6, 6.07) is 7.06. The number of nitrogens with one attached hydrogen (secondary N) is 1. The molecule has 23 heavy (non-hydrogen) atoms. The summed E-state index contributed by atoms with van der Waals surface area (Å²) in [6.45, 7) is 6.36. The lowest BCUT2D eigenvalue weighted by atomic mass is 10.1. The van der Waals surface area contributed by atoms with Gasteiger partial charge in [-0.15, -0.1) is 10.2 Å². The molecule has 1 atom stereocenters. The van der Waals surface area contributed by atoms with Crippen LogP contribution in [0, 0.1) is 6.92 Å². The third-order valence-electron chi connectivity index (χ3n) is 3.32. The predicted octanol–water partition coefficient (Wildman–Crippen LogP) is 1.95. The van der Waals surface area contributed by atoms with E-state index in [1.54, 1.807) is 6.92 Å². The summed E-state index contributed by atoms with van der Waals surface area (Å²) in [5.41, 5.74) is 7.07. The summed E-state index contributed by atoms with van der Waals surface area (Å²) in [5.74, 6) is 0.307. The number of hydrogen-bond acceptors (Lipinski definition) is 5. The van der Waals surface area contributed by atoms with Crippen molar-refractivity contribution in [3.63, 3.8) is 0 Å². The third kappa shape index (κ3) is 3.89. The van der Waals surface area contributed by atoms with Gasteiger partial charge in [0.15, 0.2) is 11.0 Å². The molecule has 0 saturated carbocycles. The minimum Gasteiger partial charge on any atom is -0.351 e. The average Bonchev–Trinajstić information content (AvgIpc) is 2.89. The van der Waals surface area contributed by atoms with E-state index >= 15 is 0 Å². The zero-order valence-corrected chi connectivity index (χ0v) is 14.1. The molecule has 0 radical (unpaired) electrons. The van der Waals surface area contributed by atoms with Crippen molar-refractivity contribution in [1.82, 2.24) is 20.1 Å². The second-order valence-electron chi connectivity index (χ2n) is 4.98. The topological polar surface area (TPSA) is 103 Å². The molecule has 1 heterocycles. The van der Waals surface area contributed by atoms with Gasteiger partial charge < -0.3 is 10.3 Å². The van der Waals surface area contributed by atoms with Crippen LogP contribution in [0.25, 0.3) is 11.4 Å². The standard InChI is InChI=1S/C15H19N5O2S/c1-4-20-12(11-8-6-5-7-9(11)2)18-19-15(20)23-10(3)13(21)17-14(16)22/h5-8,10H,4H2,1-3H3,(H3,16,17,21,22). The van der Waals surface area contributed by atoms with Crippen LogP contribution in [-0.2, 0) is 11.3 Å². The number of imide groups is 1. The molecule has 3 amide bonds. The van der Waals surface area contributed by atoms with Gasteiger partial charge in [0, 0.05) is 12.1 Å². The van der Waals surface area contributed by atoms with E-state index in [9.17, 15) is 9.59 Å². The molecule has 1 aromatic heterocycles. The molecule has 2 rings (SSSR count). The van der Waals surface area contributed by atoms with Gasteiger partial charge in [-0.3, -0.25) is 10.1 Å². The minimum absolute atomic E-state index is 0.453. The van der Waals surface area contributed by atoms with Gasteiger partial charge in [0.1, 0.15) is 0 Å². The monoisotopic (exact) mass is 333 g/mol. The first-order valence-electron chi connectivity index (χ1n) is 7.20. The first kappa shape index (κ1) is 17.0. The highest BCUT2D eigenvalue weighted by molar-refractivity contribution is 8.00. The molecule has 0 aliphatic rings. The number of nitrogens with two attached hydrogens (primary N) is 1. The van der Waals surface area contributed by atoms with Crippen molar-refractivity contribution < 1.29 is 9.59 Å². The third-order valence-corrected chi connectivity index (χ3v) is 4.40. The van der Waals surface area contributed by atoms with Crippen molar-refractivity contribution in [2.75, 3.05) is 0 Å². The van der Waals surface area contributed by atoms with Gasteiger partial charge in [-0.05, 0) is 26.3 Å². The van der Waals surface area contributed by atoms with Crippen LogP contribution in [-0.4, -0.2) is 32.0 Å². The van der Waals surface area contributed by atoms with Crippen LogP contribution in [0.5, 0.6) is 0 Å². The Morgan fingerprint density at radius 2 is 2.04 bits per heavy atom. The van der Waals surface area contributed by atoms with Gasteiger partial charge in [0.25, 0.3) is 0 Å². The maximum absolute atomic E-state index is 11.8. The lowest BCUT2D eigenvalue weighted by Crippen LogP contribution is -2.39. The minimum atomic E-state index is -0.861. The SMILES string of the molecule is CCn1c(SC(C)C(=O)NC(N)=O)nnc1-c1ccccc1C. The second kappa shape index (κ2) is 7.28. The van der Waals surface area contributed by atoms with E-state index in [-0.39, 0.29) is 0 Å². The van der Waals surface area contributed by atoms with Crippen LogP contribution in [0.1, 0.15) is 19.4 Å². The first-order valence-corrected chi connectivity index (χ1v) is 8.08. The van der Waals surface area contributed by atoms with Crippen molar-refractivity contribution in [2.24, 2.45) is 5.73 Å². The molecule has 0 aliphatic carbocycles. The highest BCUT2D eigenvalue weighted by atomic mass is 32.2. The van der Waals surface area contributed by atoms with Crippen molar-refractivity contribution in [2.45, 2.75) is 37.7 Å². The lowest BCUT2D eigenvalue weighted by molar-refractivity contribution is -0.119. The molecule has 1 unspecified atom stereocenters. The van der Waals surface area contributed by atoms with Gasteiger partial charge in [-0.2, -0.15) is 0 Å². The molecule has 0 aliphatic heterocycles. The highest BCUT2D eigenvalue weighted by Gasteiger charge is 2.21. The fourth-order valence-electron chi connectivity index (χ4n) is 2.12. The molecule has 3 N–H and O–H groups in total. The van der Waals surface area contributed by atoms with Crippen molar-refractivity contribution in [3.05, 3.63) is 29.8 Å². The molecule has 1 aromatic carbocycles. The summed E-state index contributed by atoms with van der Waals surface area (Å²) >= 11 is 1.24. The van der Waals surface area contributed by atoms with Crippen LogP contribution in [0.4, 0.5) is 4.79 Å². The van der Waals surface area contributed by atoms with Crippen molar-refractivity contribution in [1.29, 1.82) is 0 Å². The van der Waals surface area contributed by atoms with E-state index in [0.29, 0.717) is 11.7 Å². The number of aryl methyl sites for hydroxylation is 1. The number of amides is 3. The second-order valence-corrected chi connectivity index (χ2v) is 6.29. The van der Waals surface area contributed by atoms with Gasteiger partial charge >= 0.3 is 6.03 Å². The number of primary amides is 1. The number of thioether (sulfide) groups is 1. The number of carbonyl (C=O) groups excluding carboxylic acids is 2. The molecule has 7 nitrogen and oxygen atoms in total. The molecular formula is C15H19N5O2S. The number of urea groups is 1. The van der Waals surface area contributed by atoms with Crippen molar-refractivity contribution in [3.8, 4) is 11.4 Å². The Kier molecular flexibility index (Phi) is 5.38. The number of hydrogen-bond donors (Lipinski definition) is 2. The Hall–Kier alpha value is -2.35. The summed E-state index contributed by atoms with van der Waals surface area (Å²) in [7, 11) is 0. The van der Waals surface area contributed by atoms with Crippen LogP contribution < -0.4 is 11.1 Å². The smallest absolute Gasteiger partial charge is 0.318 e.